The maximum Gasteiger partial charge on any atom is 0.336 e. The minimum absolute atomic E-state index is 0.169. The highest BCUT2D eigenvalue weighted by atomic mass is 19.3. The van der Waals surface area contributed by atoms with Gasteiger partial charge < -0.3 is 5.11 Å². The number of carboxylic acids is 1. The van der Waals surface area contributed by atoms with Crippen LogP contribution in [0, 0.1) is 0 Å². The van der Waals surface area contributed by atoms with E-state index in [1.54, 1.807) is 36.4 Å². The zero-order valence-electron chi connectivity index (χ0n) is 18.4. The Hall–Kier alpha value is -3.22. The van der Waals surface area contributed by atoms with Crippen LogP contribution in [0.5, 0.6) is 0 Å². The summed E-state index contributed by atoms with van der Waals surface area (Å²) in [4.78, 5) is 24.5. The number of aromatic carboxylic acids is 1. The van der Waals surface area contributed by atoms with E-state index in [-0.39, 0.29) is 24.3 Å². The van der Waals surface area contributed by atoms with Crippen molar-refractivity contribution >= 4 is 5.97 Å². The molecule has 0 unspecified atom stereocenters. The van der Waals surface area contributed by atoms with E-state index in [1.807, 2.05) is 26.0 Å². The topological polar surface area (TPSA) is 64.2 Å². The van der Waals surface area contributed by atoms with E-state index < -0.39 is 18.1 Å². The number of nitrogens with zero attached hydrogens (tertiary/aromatic N) is 2. The monoisotopic (exact) mass is 442 g/mol. The first-order chi connectivity index (χ1) is 15.4. The number of aromatic nitrogens is 2. The van der Waals surface area contributed by atoms with Gasteiger partial charge in [0, 0.05) is 12.2 Å². The van der Waals surface area contributed by atoms with E-state index in [2.05, 4.69) is 0 Å². The third-order valence-electron chi connectivity index (χ3n) is 5.57. The number of alkyl halides is 2. The molecule has 1 heterocycles. The number of carbonyl (C=O) groups is 1. The second kappa shape index (κ2) is 10.4. The van der Waals surface area contributed by atoms with Gasteiger partial charge in [0.2, 0.25) is 0 Å². The van der Waals surface area contributed by atoms with Crippen LogP contribution in [0.2, 0.25) is 0 Å². The molecule has 0 atom stereocenters. The predicted octanol–water partition coefficient (Wildman–Crippen LogP) is 5.75. The van der Waals surface area contributed by atoms with E-state index >= 15 is 0 Å². The number of benzene rings is 2. The predicted molar refractivity (Wildman–Crippen MR) is 120 cm³/mol. The normalized spacial score (nSPS) is 11.3. The molecular weight excluding hydrogens is 414 g/mol. The maximum atomic E-state index is 13.9. The molecule has 2 aromatic carbocycles. The van der Waals surface area contributed by atoms with Gasteiger partial charge >= 0.3 is 11.7 Å². The summed E-state index contributed by atoms with van der Waals surface area (Å²) in [6.45, 7) is 4.33. The molecule has 0 aliphatic rings. The van der Waals surface area contributed by atoms with Gasteiger partial charge in [-0.05, 0) is 35.6 Å². The van der Waals surface area contributed by atoms with E-state index in [0.29, 0.717) is 30.5 Å². The van der Waals surface area contributed by atoms with Crippen molar-refractivity contribution in [2.75, 3.05) is 0 Å². The largest absolute Gasteiger partial charge is 0.478 e. The number of hydrogen-bond acceptors (Lipinski definition) is 2. The lowest BCUT2D eigenvalue weighted by Crippen LogP contribution is -2.26. The third-order valence-corrected chi connectivity index (χ3v) is 5.57. The molecule has 0 saturated heterocycles. The van der Waals surface area contributed by atoms with Crippen molar-refractivity contribution in [1.29, 1.82) is 0 Å². The molecule has 5 nitrogen and oxygen atoms in total. The molecule has 170 valence electrons. The molecule has 3 rings (SSSR count). The SMILES string of the molecule is CCCCn1c(C(F)F)c(CCC)n(Cc2ccc(-c3ccccc3C(=O)O)cc2)c1=O. The Morgan fingerprint density at radius 2 is 1.69 bits per heavy atom. The van der Waals surface area contributed by atoms with E-state index in [4.69, 9.17) is 0 Å². The van der Waals surface area contributed by atoms with Gasteiger partial charge in [0.25, 0.3) is 6.43 Å². The highest BCUT2D eigenvalue weighted by molar-refractivity contribution is 5.95. The fourth-order valence-corrected chi connectivity index (χ4v) is 3.99. The van der Waals surface area contributed by atoms with Gasteiger partial charge in [-0.2, -0.15) is 0 Å². The van der Waals surface area contributed by atoms with Crippen molar-refractivity contribution in [3.05, 3.63) is 81.5 Å². The van der Waals surface area contributed by atoms with Crippen LogP contribution < -0.4 is 5.69 Å². The Kier molecular flexibility index (Phi) is 7.62. The summed E-state index contributed by atoms with van der Waals surface area (Å²) in [6.07, 6.45) is -0.188. The van der Waals surface area contributed by atoms with Gasteiger partial charge in [0.1, 0.15) is 5.69 Å². The Labute approximate surface area is 185 Å². The summed E-state index contributed by atoms with van der Waals surface area (Å²) in [7, 11) is 0. The van der Waals surface area contributed by atoms with Gasteiger partial charge in [-0.25, -0.2) is 18.4 Å². The second-order valence-corrected chi connectivity index (χ2v) is 7.80. The van der Waals surface area contributed by atoms with Crippen LogP contribution in [-0.2, 0) is 19.5 Å². The van der Waals surface area contributed by atoms with Crippen molar-refractivity contribution in [3.8, 4) is 11.1 Å². The summed E-state index contributed by atoms with van der Waals surface area (Å²) < 4.78 is 30.5. The van der Waals surface area contributed by atoms with Gasteiger partial charge in [-0.3, -0.25) is 9.13 Å². The standard InChI is InChI=1S/C25H28F2N2O3/c1-3-5-15-28-22(23(26)27)21(8-4-2)29(25(28)32)16-17-11-13-18(14-12-17)19-9-6-7-10-20(19)24(30)31/h6-7,9-14,23H,3-5,8,15-16H2,1-2H3,(H,30,31). The van der Waals surface area contributed by atoms with Crippen LogP contribution in [-0.4, -0.2) is 20.2 Å². The van der Waals surface area contributed by atoms with Gasteiger partial charge in [-0.1, -0.05) is 69.2 Å². The molecule has 0 radical (unpaired) electrons. The third kappa shape index (κ3) is 4.82. The molecule has 32 heavy (non-hydrogen) atoms. The zero-order valence-corrected chi connectivity index (χ0v) is 18.4. The summed E-state index contributed by atoms with van der Waals surface area (Å²) >= 11 is 0. The quantitative estimate of drug-likeness (QED) is 0.435. The highest BCUT2D eigenvalue weighted by Gasteiger charge is 2.25. The Morgan fingerprint density at radius 1 is 1.00 bits per heavy atom. The molecule has 0 bridgehead atoms. The summed E-state index contributed by atoms with van der Waals surface area (Å²) in [5, 5.41) is 9.42. The Morgan fingerprint density at radius 3 is 2.28 bits per heavy atom. The number of unbranched alkanes of at least 4 members (excludes halogenated alkanes) is 1. The minimum atomic E-state index is -2.71. The fourth-order valence-electron chi connectivity index (χ4n) is 3.99. The molecule has 0 fully saturated rings. The van der Waals surface area contributed by atoms with Crippen LogP contribution in [0.1, 0.15) is 66.8 Å². The smallest absolute Gasteiger partial charge is 0.336 e. The molecule has 0 aliphatic carbocycles. The van der Waals surface area contributed by atoms with Gasteiger partial charge in [-0.15, -0.1) is 0 Å². The molecule has 0 saturated carbocycles. The average Bonchev–Trinajstić information content (AvgIpc) is 3.04. The lowest BCUT2D eigenvalue weighted by atomic mass is 9.99. The van der Waals surface area contributed by atoms with E-state index in [1.165, 1.54) is 9.13 Å². The van der Waals surface area contributed by atoms with E-state index in [9.17, 15) is 23.5 Å². The molecule has 0 aliphatic heterocycles. The number of rotatable bonds is 10. The maximum absolute atomic E-state index is 13.9. The molecule has 0 spiro atoms. The summed E-state index contributed by atoms with van der Waals surface area (Å²) in [6, 6.07) is 13.9. The Bertz CT molecular complexity index is 1130. The van der Waals surface area contributed by atoms with Crippen LogP contribution in [0.15, 0.2) is 53.3 Å². The van der Waals surface area contributed by atoms with Crippen molar-refractivity contribution in [1.82, 2.24) is 9.13 Å². The lowest BCUT2D eigenvalue weighted by Gasteiger charge is -2.11. The molecule has 0 amide bonds. The van der Waals surface area contributed by atoms with Gasteiger partial charge in [0.15, 0.2) is 0 Å². The highest BCUT2D eigenvalue weighted by Crippen LogP contribution is 2.27. The number of imidazole rings is 1. The van der Waals surface area contributed by atoms with Crippen LogP contribution in [0.25, 0.3) is 11.1 Å². The molecule has 7 heteroatoms. The first-order valence-electron chi connectivity index (χ1n) is 10.9. The fraction of sp³-hybridized carbons (Fsp3) is 0.360. The zero-order chi connectivity index (χ0) is 23.3. The average molecular weight is 443 g/mol. The first-order valence-corrected chi connectivity index (χ1v) is 10.9. The molecule has 1 N–H and O–H groups in total. The first kappa shape index (κ1) is 23.4. The van der Waals surface area contributed by atoms with Crippen LogP contribution in [0.4, 0.5) is 8.78 Å². The number of carboxylic acid groups (broad SMARTS) is 1. The summed E-state index contributed by atoms with van der Waals surface area (Å²) in [5.41, 5.74) is 2.15. The van der Waals surface area contributed by atoms with Crippen molar-refractivity contribution in [3.63, 3.8) is 0 Å². The van der Waals surface area contributed by atoms with Crippen molar-refractivity contribution < 1.29 is 18.7 Å². The lowest BCUT2D eigenvalue weighted by molar-refractivity contribution is 0.0697. The molecule has 3 aromatic rings. The van der Waals surface area contributed by atoms with E-state index in [0.717, 1.165) is 17.5 Å². The van der Waals surface area contributed by atoms with Gasteiger partial charge in [0.05, 0.1) is 12.1 Å². The Balaban J connectivity index is 1.98. The minimum Gasteiger partial charge on any atom is -0.478 e. The van der Waals surface area contributed by atoms with Crippen LogP contribution >= 0.6 is 0 Å². The van der Waals surface area contributed by atoms with Crippen molar-refractivity contribution in [2.45, 2.75) is 59.0 Å². The molecule has 1 aromatic heterocycles. The second-order valence-electron chi connectivity index (χ2n) is 7.80. The van der Waals surface area contributed by atoms with Crippen LogP contribution in [0.3, 0.4) is 0 Å². The van der Waals surface area contributed by atoms with Crippen molar-refractivity contribution in [2.24, 2.45) is 0 Å². The molecular formula is C25H28F2N2O3. The number of hydrogen-bond donors (Lipinski definition) is 1. The number of halogens is 2. The summed E-state index contributed by atoms with van der Waals surface area (Å²) in [5.74, 6) is -1.01.